The summed E-state index contributed by atoms with van der Waals surface area (Å²) < 4.78 is 1.14. The summed E-state index contributed by atoms with van der Waals surface area (Å²) in [4.78, 5) is 1.22. The molecule has 13 heavy (non-hydrogen) atoms. The summed E-state index contributed by atoms with van der Waals surface area (Å²) in [5, 5.41) is 3.32. The smallest absolute Gasteiger partial charge is 0.0701 e. The van der Waals surface area contributed by atoms with E-state index in [1.807, 2.05) is 6.07 Å². The highest BCUT2D eigenvalue weighted by Crippen LogP contribution is 2.25. The van der Waals surface area contributed by atoms with Gasteiger partial charge in [0.25, 0.3) is 0 Å². The van der Waals surface area contributed by atoms with Gasteiger partial charge in [-0.1, -0.05) is 13.8 Å². The second-order valence-electron chi connectivity index (χ2n) is 3.31. The number of halogens is 1. The number of nitrogens with two attached hydrogens (primary N) is 1. The van der Waals surface area contributed by atoms with Crippen molar-refractivity contribution in [2.45, 2.75) is 25.9 Å². The minimum absolute atomic E-state index is 0.110. The molecule has 1 rings (SSSR count). The van der Waals surface area contributed by atoms with Gasteiger partial charge in [-0.05, 0) is 28.1 Å². The van der Waals surface area contributed by atoms with E-state index in [2.05, 4.69) is 41.2 Å². The van der Waals surface area contributed by atoms with E-state index in [9.17, 15) is 0 Å². The molecule has 0 aromatic carbocycles. The van der Waals surface area contributed by atoms with E-state index < -0.39 is 0 Å². The normalized spacial score (nSPS) is 13.6. The molecule has 0 amide bonds. The fourth-order valence-corrected chi connectivity index (χ4v) is 2.42. The minimum atomic E-state index is 0.110. The molecule has 4 heteroatoms. The van der Waals surface area contributed by atoms with Crippen LogP contribution < -0.4 is 11.1 Å². The van der Waals surface area contributed by atoms with Crippen LogP contribution in [-0.4, -0.2) is 12.6 Å². The first-order valence-electron chi connectivity index (χ1n) is 4.34. The highest BCUT2D eigenvalue weighted by Gasteiger charge is 2.08. The number of hydrogen-bond donors (Lipinski definition) is 2. The molecule has 0 aliphatic carbocycles. The molecule has 0 fully saturated rings. The van der Waals surface area contributed by atoms with Gasteiger partial charge in [0.1, 0.15) is 0 Å². The Bertz CT molecular complexity index is 260. The highest BCUT2D eigenvalue weighted by molar-refractivity contribution is 9.11. The van der Waals surface area contributed by atoms with Crippen LogP contribution in [0.3, 0.4) is 0 Å². The zero-order valence-corrected chi connectivity index (χ0v) is 10.3. The molecular weight excluding hydrogens is 248 g/mol. The molecule has 1 unspecified atom stereocenters. The molecule has 0 spiro atoms. The molecule has 74 valence electrons. The summed E-state index contributed by atoms with van der Waals surface area (Å²) >= 11 is 5.12. The summed E-state index contributed by atoms with van der Waals surface area (Å²) in [5.74, 6) is 0. The third-order valence-corrected chi connectivity index (χ3v) is 3.46. The van der Waals surface area contributed by atoms with Crippen LogP contribution in [0.25, 0.3) is 0 Å². The van der Waals surface area contributed by atoms with Crippen LogP contribution in [0, 0.1) is 0 Å². The average molecular weight is 263 g/mol. The first kappa shape index (κ1) is 11.2. The van der Waals surface area contributed by atoms with Crippen LogP contribution in [0.15, 0.2) is 15.9 Å². The maximum atomic E-state index is 5.98. The Labute approximate surface area is 91.7 Å². The van der Waals surface area contributed by atoms with Crippen LogP contribution in [0.4, 0.5) is 0 Å². The Balaban J connectivity index is 2.44. The number of thiophene rings is 1. The highest BCUT2D eigenvalue weighted by atomic mass is 79.9. The van der Waals surface area contributed by atoms with Crippen molar-refractivity contribution < 1.29 is 0 Å². The van der Waals surface area contributed by atoms with Gasteiger partial charge in [-0.2, -0.15) is 0 Å². The molecule has 0 bridgehead atoms. The monoisotopic (exact) mass is 262 g/mol. The van der Waals surface area contributed by atoms with Gasteiger partial charge in [0.05, 0.1) is 9.83 Å². The predicted octanol–water partition coefficient (Wildman–Crippen LogP) is 2.51. The van der Waals surface area contributed by atoms with Gasteiger partial charge in [0.15, 0.2) is 0 Å². The molecule has 3 N–H and O–H groups in total. The van der Waals surface area contributed by atoms with Crippen LogP contribution in [0.2, 0.25) is 0 Å². The lowest BCUT2D eigenvalue weighted by Gasteiger charge is -2.13. The molecule has 1 aromatic rings. The quantitative estimate of drug-likeness (QED) is 0.876. The van der Waals surface area contributed by atoms with Gasteiger partial charge in [-0.15, -0.1) is 11.3 Å². The Kier molecular flexibility index (Phi) is 4.38. The maximum absolute atomic E-state index is 5.98. The van der Waals surface area contributed by atoms with Gasteiger partial charge >= 0.3 is 0 Å². The molecule has 0 aliphatic rings. The van der Waals surface area contributed by atoms with E-state index in [1.165, 1.54) is 4.88 Å². The fourth-order valence-electron chi connectivity index (χ4n) is 0.991. The Morgan fingerprint density at radius 3 is 2.69 bits per heavy atom. The summed E-state index contributed by atoms with van der Waals surface area (Å²) in [6.45, 7) is 5.08. The first-order valence-corrected chi connectivity index (χ1v) is 5.94. The summed E-state index contributed by atoms with van der Waals surface area (Å²) in [7, 11) is 0. The third-order valence-electron chi connectivity index (χ3n) is 1.71. The number of hydrogen-bond acceptors (Lipinski definition) is 3. The van der Waals surface area contributed by atoms with Crippen LogP contribution in [0.5, 0.6) is 0 Å². The lowest BCUT2D eigenvalue weighted by atomic mass is 10.2. The Morgan fingerprint density at radius 2 is 2.23 bits per heavy atom. The zero-order valence-electron chi connectivity index (χ0n) is 7.88. The average Bonchev–Trinajstić information content (AvgIpc) is 2.47. The molecule has 2 nitrogen and oxygen atoms in total. The van der Waals surface area contributed by atoms with Crippen molar-refractivity contribution in [3.05, 3.63) is 20.8 Å². The number of rotatable bonds is 4. The number of nitrogens with one attached hydrogen (secondary N) is 1. The van der Waals surface area contributed by atoms with Gasteiger partial charge in [0, 0.05) is 17.5 Å². The van der Waals surface area contributed by atoms with Crippen molar-refractivity contribution in [2.75, 3.05) is 6.54 Å². The lowest BCUT2D eigenvalue weighted by molar-refractivity contribution is 0.541. The van der Waals surface area contributed by atoms with E-state index in [1.54, 1.807) is 11.3 Å². The van der Waals surface area contributed by atoms with Gasteiger partial charge in [0.2, 0.25) is 0 Å². The van der Waals surface area contributed by atoms with Crippen LogP contribution >= 0.6 is 27.3 Å². The van der Waals surface area contributed by atoms with E-state index in [-0.39, 0.29) is 6.04 Å². The zero-order chi connectivity index (χ0) is 9.84. The molecule has 0 saturated heterocycles. The van der Waals surface area contributed by atoms with Gasteiger partial charge in [-0.3, -0.25) is 0 Å². The van der Waals surface area contributed by atoms with Crippen molar-refractivity contribution in [1.29, 1.82) is 0 Å². The largest absolute Gasteiger partial charge is 0.322 e. The summed E-state index contributed by atoms with van der Waals surface area (Å²) in [6.07, 6.45) is 0. The van der Waals surface area contributed by atoms with E-state index in [4.69, 9.17) is 5.73 Å². The molecule has 1 atom stereocenters. The van der Waals surface area contributed by atoms with Crippen molar-refractivity contribution in [3.63, 3.8) is 0 Å². The predicted molar refractivity (Wildman–Crippen MR) is 62.1 cm³/mol. The van der Waals surface area contributed by atoms with Crippen LogP contribution in [0.1, 0.15) is 24.8 Å². The second-order valence-corrected chi connectivity index (χ2v) is 5.81. The molecule has 0 aliphatic heterocycles. The van der Waals surface area contributed by atoms with Crippen molar-refractivity contribution in [1.82, 2.24) is 5.32 Å². The van der Waals surface area contributed by atoms with Crippen LogP contribution in [-0.2, 0) is 0 Å². The maximum Gasteiger partial charge on any atom is 0.0701 e. The summed E-state index contributed by atoms with van der Waals surface area (Å²) in [5.41, 5.74) is 5.98. The van der Waals surface area contributed by atoms with E-state index in [0.29, 0.717) is 6.04 Å². The molecule has 1 aromatic heterocycles. The van der Waals surface area contributed by atoms with Gasteiger partial charge in [-0.25, -0.2) is 0 Å². The standard InChI is InChI=1S/C9H15BrN2S/c1-6(2)12-5-7(11)8-3-4-9(10)13-8/h3-4,6-7,12H,5,11H2,1-2H3. The van der Waals surface area contributed by atoms with Crippen molar-refractivity contribution >= 4 is 27.3 Å². The molecular formula is C9H15BrN2S. The molecule has 1 heterocycles. The first-order chi connectivity index (χ1) is 6.09. The van der Waals surface area contributed by atoms with Gasteiger partial charge < -0.3 is 11.1 Å². The Morgan fingerprint density at radius 1 is 1.54 bits per heavy atom. The SMILES string of the molecule is CC(C)NCC(N)c1ccc(Br)s1. The Hall–Kier alpha value is 0.1000. The topological polar surface area (TPSA) is 38.0 Å². The van der Waals surface area contributed by atoms with Crippen molar-refractivity contribution in [2.24, 2.45) is 5.73 Å². The molecule has 0 radical (unpaired) electrons. The summed E-state index contributed by atoms with van der Waals surface area (Å²) in [6, 6.07) is 4.71. The van der Waals surface area contributed by atoms with E-state index >= 15 is 0 Å². The van der Waals surface area contributed by atoms with Crippen molar-refractivity contribution in [3.8, 4) is 0 Å². The van der Waals surface area contributed by atoms with E-state index in [0.717, 1.165) is 10.3 Å². The second kappa shape index (κ2) is 5.10. The fraction of sp³-hybridized carbons (Fsp3) is 0.556. The lowest BCUT2D eigenvalue weighted by Crippen LogP contribution is -2.31. The molecule has 0 saturated carbocycles. The third kappa shape index (κ3) is 3.77. The minimum Gasteiger partial charge on any atom is -0.322 e.